The lowest BCUT2D eigenvalue weighted by Gasteiger charge is -1.96. The van der Waals surface area contributed by atoms with Crippen LogP contribution >= 0.6 is 0 Å². The van der Waals surface area contributed by atoms with Crippen molar-refractivity contribution in [2.45, 2.75) is 58.8 Å². The summed E-state index contributed by atoms with van der Waals surface area (Å²) in [6.07, 6.45) is 8.14. The van der Waals surface area contributed by atoms with Crippen LogP contribution < -0.4 is 0 Å². The average Bonchev–Trinajstić information content (AvgIpc) is 2.03. The van der Waals surface area contributed by atoms with Gasteiger partial charge in [-0.2, -0.15) is 0 Å². The third kappa shape index (κ3) is 34.9. The minimum absolute atomic E-state index is 1.37. The highest BCUT2D eigenvalue weighted by molar-refractivity contribution is 5.53. The summed E-state index contributed by atoms with van der Waals surface area (Å²) in [5, 5.41) is 13.9. The van der Waals surface area contributed by atoms with Gasteiger partial charge in [0.15, 0.2) is 0 Å². The van der Waals surface area contributed by atoms with Gasteiger partial charge in [0.05, 0.1) is 0 Å². The summed E-state index contributed by atoms with van der Waals surface area (Å²) in [5.41, 5.74) is 0. The smallest absolute Gasteiger partial charge is 0.450 e. The van der Waals surface area contributed by atoms with E-state index in [1.807, 2.05) is 0 Å². The molecule has 13 heavy (non-hydrogen) atoms. The van der Waals surface area contributed by atoms with E-state index in [1.54, 1.807) is 0 Å². The van der Waals surface area contributed by atoms with Crippen LogP contribution in [0.25, 0.3) is 0 Å². The van der Waals surface area contributed by atoms with E-state index in [0.717, 1.165) is 0 Å². The number of unbranched alkanes of at least 4 members (excludes halogenated alkanes) is 6. The summed E-state index contributed by atoms with van der Waals surface area (Å²) >= 11 is 0. The summed E-state index contributed by atoms with van der Waals surface area (Å²) in [5.74, 6) is 0. The lowest BCUT2D eigenvalue weighted by atomic mass is 10.1. The van der Waals surface area contributed by atoms with Gasteiger partial charge in [-0.15, -0.1) is 0 Å². The maximum atomic E-state index is 8.56. The van der Waals surface area contributed by atoms with Crippen LogP contribution in [0.15, 0.2) is 0 Å². The maximum Gasteiger partial charge on any atom is 0.503 e. The Labute approximate surface area is 80.8 Å². The van der Waals surface area contributed by atoms with Crippen molar-refractivity contribution in [2.24, 2.45) is 0 Å². The van der Waals surface area contributed by atoms with E-state index in [2.05, 4.69) is 13.8 Å². The van der Waals surface area contributed by atoms with Crippen LogP contribution in [0.2, 0.25) is 0 Å². The standard InChI is InChI=1S/C9H20.CH2O3/c1-3-5-7-9-8-6-4-2;2-1(3)4/h3-9H2,1-2H3;(H2,2,3,4). The Kier molecular flexibility index (Phi) is 15.7. The van der Waals surface area contributed by atoms with Crippen LogP contribution in [0.4, 0.5) is 4.79 Å². The normalized spacial score (nSPS) is 8.77. The highest BCUT2D eigenvalue weighted by Crippen LogP contribution is 2.05. The molecule has 0 aromatic heterocycles. The number of carboxylic acid groups (broad SMARTS) is 2. The molecule has 0 aromatic rings. The van der Waals surface area contributed by atoms with Crippen molar-refractivity contribution >= 4 is 6.16 Å². The fraction of sp³-hybridized carbons (Fsp3) is 0.900. The van der Waals surface area contributed by atoms with Crippen molar-refractivity contribution in [1.82, 2.24) is 0 Å². The molecule has 0 atom stereocenters. The molecular formula is C10H22O3. The van der Waals surface area contributed by atoms with Crippen molar-refractivity contribution in [1.29, 1.82) is 0 Å². The van der Waals surface area contributed by atoms with E-state index >= 15 is 0 Å². The lowest BCUT2D eigenvalue weighted by molar-refractivity contribution is 0.137. The van der Waals surface area contributed by atoms with Crippen molar-refractivity contribution in [3.63, 3.8) is 0 Å². The van der Waals surface area contributed by atoms with E-state index in [1.165, 1.54) is 44.9 Å². The monoisotopic (exact) mass is 190 g/mol. The quantitative estimate of drug-likeness (QED) is 0.623. The molecule has 0 saturated heterocycles. The summed E-state index contributed by atoms with van der Waals surface area (Å²) in [6, 6.07) is 0. The first-order valence-electron chi connectivity index (χ1n) is 5.07. The largest absolute Gasteiger partial charge is 0.503 e. The number of hydrogen-bond donors (Lipinski definition) is 2. The molecule has 0 rings (SSSR count). The minimum atomic E-state index is -1.83. The van der Waals surface area contributed by atoms with Gasteiger partial charge in [0.2, 0.25) is 0 Å². The second-order valence-corrected chi connectivity index (χ2v) is 3.05. The fourth-order valence-corrected chi connectivity index (χ4v) is 1.03. The first-order chi connectivity index (χ1) is 6.15. The van der Waals surface area contributed by atoms with Crippen molar-refractivity contribution in [3.05, 3.63) is 0 Å². The van der Waals surface area contributed by atoms with Crippen LogP contribution in [0.1, 0.15) is 58.8 Å². The van der Waals surface area contributed by atoms with E-state index in [-0.39, 0.29) is 0 Å². The Bertz CT molecular complexity index is 92.3. The Morgan fingerprint density at radius 3 is 1.31 bits per heavy atom. The molecule has 0 unspecified atom stereocenters. The van der Waals surface area contributed by atoms with Crippen molar-refractivity contribution in [2.75, 3.05) is 0 Å². The van der Waals surface area contributed by atoms with Gasteiger partial charge in [0.25, 0.3) is 0 Å². The zero-order valence-electron chi connectivity index (χ0n) is 8.75. The van der Waals surface area contributed by atoms with Crippen LogP contribution in [0.5, 0.6) is 0 Å². The molecule has 0 spiro atoms. The molecule has 0 aliphatic heterocycles. The molecule has 0 heterocycles. The van der Waals surface area contributed by atoms with Gasteiger partial charge < -0.3 is 10.2 Å². The van der Waals surface area contributed by atoms with Gasteiger partial charge in [-0.1, -0.05) is 58.8 Å². The number of carbonyl (C=O) groups is 1. The van der Waals surface area contributed by atoms with Crippen LogP contribution in [0.3, 0.4) is 0 Å². The molecule has 0 aliphatic rings. The molecule has 0 bridgehead atoms. The summed E-state index contributed by atoms with van der Waals surface area (Å²) in [6.45, 7) is 4.53. The molecule has 2 N–H and O–H groups in total. The highest BCUT2D eigenvalue weighted by Gasteiger charge is 1.85. The molecule has 80 valence electrons. The van der Waals surface area contributed by atoms with E-state index in [4.69, 9.17) is 15.0 Å². The molecule has 0 saturated carbocycles. The van der Waals surface area contributed by atoms with Crippen LogP contribution in [0, 0.1) is 0 Å². The lowest BCUT2D eigenvalue weighted by Crippen LogP contribution is -1.81. The highest BCUT2D eigenvalue weighted by atomic mass is 16.6. The fourth-order valence-electron chi connectivity index (χ4n) is 1.03. The van der Waals surface area contributed by atoms with E-state index in [9.17, 15) is 0 Å². The van der Waals surface area contributed by atoms with Gasteiger partial charge in [0, 0.05) is 0 Å². The Morgan fingerprint density at radius 1 is 0.846 bits per heavy atom. The molecule has 0 aliphatic carbocycles. The van der Waals surface area contributed by atoms with Crippen molar-refractivity contribution < 1.29 is 15.0 Å². The molecule has 3 nitrogen and oxygen atoms in total. The SMILES string of the molecule is CCCCCCCCC.O=C(O)O. The second-order valence-electron chi connectivity index (χ2n) is 3.05. The van der Waals surface area contributed by atoms with E-state index in [0.29, 0.717) is 0 Å². The number of hydrogen-bond acceptors (Lipinski definition) is 1. The minimum Gasteiger partial charge on any atom is -0.450 e. The van der Waals surface area contributed by atoms with Crippen LogP contribution in [-0.4, -0.2) is 16.4 Å². The summed E-state index contributed by atoms with van der Waals surface area (Å²) < 4.78 is 0. The Hall–Kier alpha value is -0.730. The number of rotatable bonds is 6. The predicted molar refractivity (Wildman–Crippen MR) is 54.3 cm³/mol. The second kappa shape index (κ2) is 13.8. The first-order valence-corrected chi connectivity index (χ1v) is 5.07. The third-order valence-corrected chi connectivity index (χ3v) is 1.71. The van der Waals surface area contributed by atoms with Gasteiger partial charge in [-0.25, -0.2) is 4.79 Å². The Balaban J connectivity index is 0. The summed E-state index contributed by atoms with van der Waals surface area (Å²) in [7, 11) is 0. The molecule has 3 heteroatoms. The Morgan fingerprint density at radius 2 is 1.08 bits per heavy atom. The molecule has 0 radical (unpaired) electrons. The molecule has 0 fully saturated rings. The van der Waals surface area contributed by atoms with E-state index < -0.39 is 6.16 Å². The molecular weight excluding hydrogens is 168 g/mol. The predicted octanol–water partition coefficient (Wildman–Crippen LogP) is 3.98. The zero-order valence-corrected chi connectivity index (χ0v) is 8.75. The first kappa shape index (κ1) is 14.8. The zero-order chi connectivity index (χ0) is 10.5. The van der Waals surface area contributed by atoms with Gasteiger partial charge in [0.1, 0.15) is 0 Å². The third-order valence-electron chi connectivity index (χ3n) is 1.71. The topological polar surface area (TPSA) is 57.5 Å². The summed E-state index contributed by atoms with van der Waals surface area (Å²) in [4.78, 5) is 8.56. The van der Waals surface area contributed by atoms with Gasteiger partial charge in [-0.05, 0) is 0 Å². The van der Waals surface area contributed by atoms with Crippen LogP contribution in [-0.2, 0) is 0 Å². The maximum absolute atomic E-state index is 8.56. The van der Waals surface area contributed by atoms with Crippen molar-refractivity contribution in [3.8, 4) is 0 Å². The van der Waals surface area contributed by atoms with Gasteiger partial charge >= 0.3 is 6.16 Å². The van der Waals surface area contributed by atoms with Gasteiger partial charge in [-0.3, -0.25) is 0 Å². The molecule has 0 aromatic carbocycles. The molecule has 0 amide bonds. The average molecular weight is 190 g/mol.